The van der Waals surface area contributed by atoms with Crippen LogP contribution in [0.15, 0.2) is 54.9 Å². The van der Waals surface area contributed by atoms with E-state index in [9.17, 15) is 4.79 Å². The first-order valence-corrected chi connectivity index (χ1v) is 8.86. The van der Waals surface area contributed by atoms with E-state index in [2.05, 4.69) is 41.4 Å². The predicted octanol–water partition coefficient (Wildman–Crippen LogP) is 4.72. The molecule has 2 aromatic carbocycles. The fourth-order valence-corrected chi connectivity index (χ4v) is 3.60. The maximum absolute atomic E-state index is 10.9. The first-order valence-electron chi connectivity index (χ1n) is 8.86. The number of hydrogen-bond donors (Lipinski definition) is 1. The summed E-state index contributed by atoms with van der Waals surface area (Å²) < 4.78 is 0. The Morgan fingerprint density at radius 2 is 1.80 bits per heavy atom. The van der Waals surface area contributed by atoms with E-state index in [-0.39, 0.29) is 6.42 Å². The van der Waals surface area contributed by atoms with Gasteiger partial charge in [-0.15, -0.1) is 0 Å². The minimum Gasteiger partial charge on any atom is -0.481 e. The zero-order valence-corrected chi connectivity index (χ0v) is 14.1. The van der Waals surface area contributed by atoms with Gasteiger partial charge >= 0.3 is 5.97 Å². The van der Waals surface area contributed by atoms with E-state index in [0.717, 1.165) is 23.5 Å². The van der Waals surface area contributed by atoms with Gasteiger partial charge in [0.25, 0.3) is 0 Å². The van der Waals surface area contributed by atoms with E-state index in [1.54, 1.807) is 6.20 Å². The van der Waals surface area contributed by atoms with Crippen molar-refractivity contribution >= 4 is 16.7 Å². The molecule has 0 saturated heterocycles. The Bertz CT molecular complexity index is 928. The Balaban J connectivity index is 1.70. The normalized spacial score (nSPS) is 13.9. The van der Waals surface area contributed by atoms with Gasteiger partial charge in [0.15, 0.2) is 0 Å². The summed E-state index contributed by atoms with van der Waals surface area (Å²) in [6.45, 7) is 0. The van der Waals surface area contributed by atoms with Crippen molar-refractivity contribution in [3.63, 3.8) is 0 Å². The van der Waals surface area contributed by atoms with Gasteiger partial charge in [-0.3, -0.25) is 9.78 Å². The van der Waals surface area contributed by atoms with Crippen LogP contribution >= 0.6 is 0 Å². The van der Waals surface area contributed by atoms with Crippen LogP contribution in [0.5, 0.6) is 0 Å². The van der Waals surface area contributed by atoms with E-state index in [4.69, 9.17) is 5.11 Å². The number of fused-ring (bicyclic) bond motifs is 1. The van der Waals surface area contributed by atoms with Crippen molar-refractivity contribution < 1.29 is 9.90 Å². The summed E-state index contributed by atoms with van der Waals surface area (Å²) in [5.74, 6) is -0.0366. The number of carboxylic acids is 1. The molecule has 126 valence electrons. The summed E-state index contributed by atoms with van der Waals surface area (Å²) in [6, 6.07) is 15.1. The minimum atomic E-state index is -0.762. The topological polar surface area (TPSA) is 50.2 Å². The molecule has 1 fully saturated rings. The number of benzene rings is 2. The van der Waals surface area contributed by atoms with Crippen molar-refractivity contribution in [2.24, 2.45) is 0 Å². The summed E-state index contributed by atoms with van der Waals surface area (Å²) in [4.78, 5) is 15.2. The quantitative estimate of drug-likeness (QED) is 0.711. The standard InChI is InChI=1S/C22H21NO2/c24-22(25)10-8-15-11-12-23-14-18(15)13-17-7-9-20(16-5-6-16)21-4-2-1-3-19(17)21/h1-4,7,9,11-12,14,16H,5-6,8,10,13H2,(H,24,25). The molecule has 1 N–H and O–H groups in total. The summed E-state index contributed by atoms with van der Waals surface area (Å²) in [5.41, 5.74) is 4.95. The fourth-order valence-electron chi connectivity index (χ4n) is 3.60. The number of carbonyl (C=O) groups is 1. The number of aryl methyl sites for hydroxylation is 1. The second kappa shape index (κ2) is 6.67. The van der Waals surface area contributed by atoms with Gasteiger partial charge in [0.05, 0.1) is 0 Å². The van der Waals surface area contributed by atoms with Gasteiger partial charge in [-0.25, -0.2) is 0 Å². The maximum Gasteiger partial charge on any atom is 0.303 e. The summed E-state index contributed by atoms with van der Waals surface area (Å²) >= 11 is 0. The molecule has 0 unspecified atom stereocenters. The molecule has 0 radical (unpaired) electrons. The predicted molar refractivity (Wildman–Crippen MR) is 98.9 cm³/mol. The molecular weight excluding hydrogens is 310 g/mol. The highest BCUT2D eigenvalue weighted by molar-refractivity contribution is 5.89. The Labute approximate surface area is 147 Å². The number of carboxylic acid groups (broad SMARTS) is 1. The first kappa shape index (κ1) is 15.8. The number of pyridine rings is 1. The second-order valence-electron chi connectivity index (χ2n) is 6.85. The zero-order valence-electron chi connectivity index (χ0n) is 14.1. The van der Waals surface area contributed by atoms with Gasteiger partial charge in [0, 0.05) is 18.8 Å². The highest BCUT2D eigenvalue weighted by atomic mass is 16.4. The van der Waals surface area contributed by atoms with Crippen molar-refractivity contribution in [3.05, 3.63) is 77.1 Å². The first-order chi connectivity index (χ1) is 12.2. The van der Waals surface area contributed by atoms with Gasteiger partial charge in [0.1, 0.15) is 0 Å². The molecule has 1 aliphatic rings. The lowest BCUT2D eigenvalue weighted by Gasteiger charge is -2.13. The Kier molecular flexibility index (Phi) is 4.22. The molecule has 25 heavy (non-hydrogen) atoms. The van der Waals surface area contributed by atoms with Gasteiger partial charge in [-0.05, 0) is 70.7 Å². The van der Waals surface area contributed by atoms with Crippen molar-refractivity contribution in [1.82, 2.24) is 4.98 Å². The maximum atomic E-state index is 10.9. The molecule has 3 nitrogen and oxygen atoms in total. The van der Waals surface area contributed by atoms with Crippen molar-refractivity contribution in [1.29, 1.82) is 0 Å². The molecule has 1 aliphatic carbocycles. The van der Waals surface area contributed by atoms with Gasteiger partial charge < -0.3 is 5.11 Å². The molecule has 1 heterocycles. The van der Waals surface area contributed by atoms with Crippen LogP contribution < -0.4 is 0 Å². The Morgan fingerprint density at radius 1 is 1.00 bits per heavy atom. The molecule has 3 aromatic rings. The van der Waals surface area contributed by atoms with Crippen LogP contribution in [0.1, 0.15) is 47.4 Å². The van der Waals surface area contributed by atoms with Crippen molar-refractivity contribution in [2.75, 3.05) is 0 Å². The van der Waals surface area contributed by atoms with E-state index >= 15 is 0 Å². The molecule has 0 atom stereocenters. The number of aliphatic carboxylic acids is 1. The molecule has 0 amide bonds. The number of nitrogens with zero attached hydrogens (tertiary/aromatic N) is 1. The molecule has 1 aromatic heterocycles. The molecule has 1 saturated carbocycles. The summed E-state index contributed by atoms with van der Waals surface area (Å²) in [7, 11) is 0. The largest absolute Gasteiger partial charge is 0.481 e. The Morgan fingerprint density at radius 3 is 2.56 bits per heavy atom. The van der Waals surface area contributed by atoms with E-state index in [1.807, 2.05) is 12.3 Å². The van der Waals surface area contributed by atoms with Gasteiger partial charge in [-0.2, -0.15) is 0 Å². The van der Waals surface area contributed by atoms with E-state index in [0.29, 0.717) is 6.42 Å². The lowest BCUT2D eigenvalue weighted by molar-refractivity contribution is -0.136. The Hall–Kier alpha value is -2.68. The second-order valence-corrected chi connectivity index (χ2v) is 6.85. The van der Waals surface area contributed by atoms with Crippen LogP contribution in [0.25, 0.3) is 10.8 Å². The highest BCUT2D eigenvalue weighted by Crippen LogP contribution is 2.43. The van der Waals surface area contributed by atoms with Gasteiger partial charge in [0.2, 0.25) is 0 Å². The van der Waals surface area contributed by atoms with Crippen molar-refractivity contribution in [3.8, 4) is 0 Å². The van der Waals surface area contributed by atoms with E-state index < -0.39 is 5.97 Å². The van der Waals surface area contributed by atoms with Gasteiger partial charge in [-0.1, -0.05) is 36.4 Å². The molecule has 3 heteroatoms. The van der Waals surface area contributed by atoms with Crippen molar-refractivity contribution in [2.45, 2.75) is 38.0 Å². The third-order valence-electron chi connectivity index (χ3n) is 5.06. The SMILES string of the molecule is O=C(O)CCc1ccncc1Cc1ccc(C2CC2)c2ccccc12. The van der Waals surface area contributed by atoms with Crippen LogP contribution in [0.3, 0.4) is 0 Å². The molecule has 0 aliphatic heterocycles. The third kappa shape index (κ3) is 3.41. The van der Waals surface area contributed by atoms with Crippen LogP contribution in [-0.4, -0.2) is 16.1 Å². The highest BCUT2D eigenvalue weighted by Gasteiger charge is 2.25. The lowest BCUT2D eigenvalue weighted by Crippen LogP contribution is -2.02. The third-order valence-corrected chi connectivity index (χ3v) is 5.06. The molecular formula is C22H21NO2. The summed E-state index contributed by atoms with van der Waals surface area (Å²) in [6.07, 6.45) is 7.70. The number of hydrogen-bond acceptors (Lipinski definition) is 2. The number of rotatable bonds is 6. The summed E-state index contributed by atoms with van der Waals surface area (Å²) in [5, 5.41) is 11.6. The molecule has 0 spiro atoms. The van der Waals surface area contributed by atoms with Crippen LogP contribution in [0.4, 0.5) is 0 Å². The van der Waals surface area contributed by atoms with Crippen LogP contribution in [0, 0.1) is 0 Å². The minimum absolute atomic E-state index is 0.151. The smallest absolute Gasteiger partial charge is 0.303 e. The average Bonchev–Trinajstić information content (AvgIpc) is 3.46. The number of aromatic nitrogens is 1. The van der Waals surface area contributed by atoms with E-state index in [1.165, 1.54) is 34.7 Å². The monoisotopic (exact) mass is 331 g/mol. The van der Waals surface area contributed by atoms with Crippen LogP contribution in [-0.2, 0) is 17.6 Å². The molecule has 4 rings (SSSR count). The van der Waals surface area contributed by atoms with Crippen LogP contribution in [0.2, 0.25) is 0 Å². The molecule has 0 bridgehead atoms. The average molecular weight is 331 g/mol. The lowest BCUT2D eigenvalue weighted by atomic mass is 9.92. The fraction of sp³-hybridized carbons (Fsp3) is 0.273. The zero-order chi connectivity index (χ0) is 17.2.